The minimum atomic E-state index is -1.04. The third-order valence-corrected chi connectivity index (χ3v) is 14.7. The summed E-state index contributed by atoms with van der Waals surface area (Å²) in [5, 5.41) is 6.26. The highest BCUT2D eigenvalue weighted by Gasteiger charge is 2.50. The molecule has 0 bridgehead atoms. The number of alkyl carbamates (subject to hydrolysis) is 1. The summed E-state index contributed by atoms with van der Waals surface area (Å²) in [6.45, 7) is 4.72. The predicted molar refractivity (Wildman–Crippen MR) is 325 cm³/mol. The molecule has 1 saturated heterocycles. The first-order chi connectivity index (χ1) is 41.5. The van der Waals surface area contributed by atoms with E-state index in [1.54, 1.807) is 0 Å². The maximum absolute atomic E-state index is 14.4. The Kier molecular flexibility index (Phi) is 27.5. The van der Waals surface area contributed by atoms with Gasteiger partial charge >= 0.3 is 6.09 Å². The van der Waals surface area contributed by atoms with Crippen LogP contribution in [0.3, 0.4) is 0 Å². The molecule has 0 radical (unpaired) electrons. The van der Waals surface area contributed by atoms with Crippen molar-refractivity contribution < 1.29 is 52.2 Å². The second kappa shape index (κ2) is 36.6. The van der Waals surface area contributed by atoms with Crippen molar-refractivity contribution >= 4 is 12.0 Å². The van der Waals surface area contributed by atoms with Crippen LogP contribution in [-0.4, -0.2) is 80.7 Å². The van der Waals surface area contributed by atoms with E-state index in [0.717, 1.165) is 71.0 Å². The molecule has 0 aliphatic carbocycles. The Balaban J connectivity index is 1.03. The van der Waals surface area contributed by atoms with Crippen LogP contribution < -0.4 is 10.6 Å². The second-order valence-electron chi connectivity index (χ2n) is 21.2. The van der Waals surface area contributed by atoms with Gasteiger partial charge in [-0.05, 0) is 58.2 Å². The lowest BCUT2D eigenvalue weighted by Gasteiger charge is -2.46. The molecular formula is C71H84N2O11. The molecule has 84 heavy (non-hydrogen) atoms. The van der Waals surface area contributed by atoms with Gasteiger partial charge in [0, 0.05) is 13.0 Å². The van der Waals surface area contributed by atoms with Gasteiger partial charge in [0.15, 0.2) is 6.29 Å². The molecule has 8 rings (SSSR count). The van der Waals surface area contributed by atoms with E-state index in [4.69, 9.17) is 42.6 Å². The number of hydrogen-bond donors (Lipinski definition) is 2. The standard InChI is InChI=1S/C71H84N2O11/c1-2-63(77-47-56-32-16-8-17-33-56)66(78-48-57-34-18-9-19-35-57)62(73-65(74)44-28-5-3-4-6-29-45-72-71(75)83-52-61-42-26-13-27-43-61)53-82-70-69(81-51-60-40-24-12-25-41-60)68(80-50-59-38-22-11-23-39-59)67(79-49-58-36-20-10-21-37-58)64(84-70)54-76-46-55-30-14-7-15-31-55/h7-27,30-43,62-64,66-70H,2-6,28-29,44-54H2,1H3,(H,72,75)(H,73,74)/t62-,63+,64?,66-,67-,68-,69?,70-/m0/s1. The lowest BCUT2D eigenvalue weighted by atomic mass is 9.97. The third-order valence-electron chi connectivity index (χ3n) is 14.7. The topological polar surface area (TPSA) is 141 Å². The molecule has 1 heterocycles. The van der Waals surface area contributed by atoms with Gasteiger partial charge in [0.2, 0.25) is 5.91 Å². The monoisotopic (exact) mass is 1140 g/mol. The molecule has 8 atom stereocenters. The maximum atomic E-state index is 14.4. The van der Waals surface area contributed by atoms with E-state index < -0.39 is 55.0 Å². The molecule has 2 unspecified atom stereocenters. The fraction of sp³-hybridized carbons (Fsp3) is 0.380. The van der Waals surface area contributed by atoms with Crippen LogP contribution in [0.25, 0.3) is 0 Å². The fourth-order valence-corrected chi connectivity index (χ4v) is 10.1. The number of nitrogens with one attached hydrogen (secondary N) is 2. The molecule has 0 aromatic heterocycles. The number of carbonyl (C=O) groups is 2. The third kappa shape index (κ3) is 22.2. The predicted octanol–water partition coefficient (Wildman–Crippen LogP) is 13.4. The van der Waals surface area contributed by atoms with Crippen LogP contribution in [0, 0.1) is 0 Å². The van der Waals surface area contributed by atoms with Gasteiger partial charge in [-0.1, -0.05) is 245 Å². The lowest BCUT2D eigenvalue weighted by Crippen LogP contribution is -2.62. The molecule has 444 valence electrons. The summed E-state index contributed by atoms with van der Waals surface area (Å²) in [5.41, 5.74) is 6.90. The summed E-state index contributed by atoms with van der Waals surface area (Å²) in [4.78, 5) is 26.7. The van der Waals surface area contributed by atoms with Gasteiger partial charge in [-0.2, -0.15) is 0 Å². The number of benzene rings is 7. The van der Waals surface area contributed by atoms with Crippen LogP contribution in [0.4, 0.5) is 4.79 Å². The zero-order chi connectivity index (χ0) is 58.1. The largest absolute Gasteiger partial charge is 0.445 e. The van der Waals surface area contributed by atoms with Crippen LogP contribution in [0.1, 0.15) is 97.2 Å². The molecule has 7 aromatic rings. The highest BCUT2D eigenvalue weighted by Crippen LogP contribution is 2.33. The van der Waals surface area contributed by atoms with Gasteiger partial charge in [0.05, 0.1) is 65.0 Å². The molecule has 13 heteroatoms. The summed E-state index contributed by atoms with van der Waals surface area (Å²) in [5.74, 6) is -0.125. The van der Waals surface area contributed by atoms with Gasteiger partial charge in [-0.15, -0.1) is 0 Å². The normalized spacial score (nSPS) is 17.8. The SMILES string of the molecule is CC[C@@H](OCc1ccccc1)[C@@H](OCc1ccccc1)[C@H](CO[C@H]1OC(COCc2ccccc2)[C@H](OCc2ccccc2)[C@H](OCc2ccccc2)C1OCc1ccccc1)NC(=O)CCCCCCCCNC(=O)OCc1ccccc1. The quantitative estimate of drug-likeness (QED) is 0.0360. The van der Waals surface area contributed by atoms with Crippen molar-refractivity contribution in [3.05, 3.63) is 251 Å². The highest BCUT2D eigenvalue weighted by molar-refractivity contribution is 5.76. The zero-order valence-electron chi connectivity index (χ0n) is 48.5. The van der Waals surface area contributed by atoms with Crippen molar-refractivity contribution in [3.63, 3.8) is 0 Å². The highest BCUT2D eigenvalue weighted by atomic mass is 16.7. The van der Waals surface area contributed by atoms with E-state index in [1.165, 1.54) is 0 Å². The Morgan fingerprint density at radius 2 is 0.869 bits per heavy atom. The molecule has 1 aliphatic rings. The van der Waals surface area contributed by atoms with Gasteiger partial charge in [-0.25, -0.2) is 4.79 Å². The summed E-state index contributed by atoms with van der Waals surface area (Å²) in [7, 11) is 0. The summed E-state index contributed by atoms with van der Waals surface area (Å²) >= 11 is 0. The number of carbonyl (C=O) groups excluding carboxylic acids is 2. The molecule has 1 fully saturated rings. The van der Waals surface area contributed by atoms with Crippen LogP contribution in [-0.2, 0) is 93.7 Å². The van der Waals surface area contributed by atoms with E-state index in [1.807, 2.05) is 212 Å². The first-order valence-corrected chi connectivity index (χ1v) is 29.9. The Hall–Kier alpha value is -7.04. The van der Waals surface area contributed by atoms with Gasteiger partial charge in [0.25, 0.3) is 0 Å². The van der Waals surface area contributed by atoms with E-state index in [9.17, 15) is 9.59 Å². The molecular weight excluding hydrogens is 1060 g/mol. The van der Waals surface area contributed by atoms with Crippen molar-refractivity contribution in [2.24, 2.45) is 0 Å². The lowest BCUT2D eigenvalue weighted by molar-refractivity contribution is -0.330. The molecule has 2 amide bonds. The van der Waals surface area contributed by atoms with Gasteiger partial charge in [-0.3, -0.25) is 4.79 Å². The Labute approximate surface area is 497 Å². The van der Waals surface area contributed by atoms with Crippen LogP contribution in [0.5, 0.6) is 0 Å². The Morgan fingerprint density at radius 1 is 0.452 bits per heavy atom. The molecule has 1 aliphatic heterocycles. The summed E-state index contributed by atoms with van der Waals surface area (Å²) in [6, 6.07) is 69.2. The van der Waals surface area contributed by atoms with Crippen molar-refractivity contribution in [2.45, 2.75) is 153 Å². The minimum absolute atomic E-state index is 0.0291. The first-order valence-electron chi connectivity index (χ1n) is 29.9. The molecule has 2 N–H and O–H groups in total. The molecule has 13 nitrogen and oxygen atoms in total. The van der Waals surface area contributed by atoms with Crippen molar-refractivity contribution in [3.8, 4) is 0 Å². The van der Waals surface area contributed by atoms with E-state index >= 15 is 0 Å². The van der Waals surface area contributed by atoms with Crippen molar-refractivity contribution in [1.29, 1.82) is 0 Å². The Bertz CT molecular complexity index is 2840. The average Bonchev–Trinajstić information content (AvgIpc) is 3.40. The van der Waals surface area contributed by atoms with Crippen LogP contribution in [0.15, 0.2) is 212 Å². The van der Waals surface area contributed by atoms with E-state index in [-0.39, 0.29) is 52.2 Å². The number of rotatable bonds is 37. The Morgan fingerprint density at radius 3 is 1.37 bits per heavy atom. The average molecular weight is 1140 g/mol. The molecule has 7 aromatic carbocycles. The smallest absolute Gasteiger partial charge is 0.407 e. The summed E-state index contributed by atoms with van der Waals surface area (Å²) < 4.78 is 60.9. The first kappa shape index (κ1) is 63.0. The summed E-state index contributed by atoms with van der Waals surface area (Å²) in [6.07, 6.45) is 0.662. The number of hydrogen-bond acceptors (Lipinski definition) is 11. The van der Waals surface area contributed by atoms with Gasteiger partial charge in [0.1, 0.15) is 37.1 Å². The number of ether oxygens (including phenoxy) is 9. The number of unbranched alkanes of at least 4 members (excludes halogenated alkanes) is 5. The molecule has 0 saturated carbocycles. The molecule has 0 spiro atoms. The van der Waals surface area contributed by atoms with Crippen LogP contribution in [0.2, 0.25) is 0 Å². The van der Waals surface area contributed by atoms with E-state index in [2.05, 4.69) is 17.6 Å². The second-order valence-corrected chi connectivity index (χ2v) is 21.2. The van der Waals surface area contributed by atoms with E-state index in [0.29, 0.717) is 39.0 Å². The number of amides is 2. The zero-order valence-corrected chi connectivity index (χ0v) is 48.5. The van der Waals surface area contributed by atoms with Crippen molar-refractivity contribution in [2.75, 3.05) is 19.8 Å². The van der Waals surface area contributed by atoms with Crippen LogP contribution >= 0.6 is 0 Å². The maximum Gasteiger partial charge on any atom is 0.407 e. The van der Waals surface area contributed by atoms with Crippen molar-refractivity contribution in [1.82, 2.24) is 10.6 Å². The minimum Gasteiger partial charge on any atom is -0.445 e. The fourth-order valence-electron chi connectivity index (χ4n) is 10.1. The van der Waals surface area contributed by atoms with Gasteiger partial charge < -0.3 is 53.3 Å².